The summed E-state index contributed by atoms with van der Waals surface area (Å²) < 4.78 is 28.4. The highest BCUT2D eigenvalue weighted by Gasteiger charge is 2.17. The van der Waals surface area contributed by atoms with Crippen molar-refractivity contribution in [3.63, 3.8) is 0 Å². The van der Waals surface area contributed by atoms with Crippen molar-refractivity contribution in [1.82, 2.24) is 0 Å². The third-order valence-corrected chi connectivity index (χ3v) is 5.27. The second-order valence-electron chi connectivity index (χ2n) is 4.46. The molecule has 2 aromatic carbocycles. The number of nitrogens with two attached hydrogens (primary N) is 1. The van der Waals surface area contributed by atoms with Crippen LogP contribution in [0, 0.1) is 10.5 Å². The molecule has 0 bridgehead atoms. The molecule has 110 valence electrons. The van der Waals surface area contributed by atoms with Crippen LogP contribution in [0.25, 0.3) is 0 Å². The van der Waals surface area contributed by atoms with E-state index in [0.717, 1.165) is 3.57 Å². The van der Waals surface area contributed by atoms with E-state index in [-0.39, 0.29) is 9.88 Å². The van der Waals surface area contributed by atoms with Crippen molar-refractivity contribution in [1.29, 1.82) is 0 Å². The number of thiocarbonyl (C=S) groups is 1. The molecule has 2 aromatic rings. The van der Waals surface area contributed by atoms with Gasteiger partial charge in [0.15, 0.2) is 0 Å². The zero-order chi connectivity index (χ0) is 15.6. The normalized spacial score (nSPS) is 11.1. The van der Waals surface area contributed by atoms with Crippen molar-refractivity contribution in [2.45, 2.75) is 11.8 Å². The summed E-state index contributed by atoms with van der Waals surface area (Å²) in [5, 5.41) is 0. The molecular weight excluding hydrogens is 419 g/mol. The Balaban J connectivity index is 2.38. The van der Waals surface area contributed by atoms with Crippen molar-refractivity contribution in [2.75, 3.05) is 4.72 Å². The highest BCUT2D eigenvalue weighted by atomic mass is 127. The molecule has 0 heterocycles. The van der Waals surface area contributed by atoms with Crippen LogP contribution < -0.4 is 10.5 Å². The first-order valence-electron chi connectivity index (χ1n) is 5.98. The Morgan fingerprint density at radius 1 is 1.24 bits per heavy atom. The average molecular weight is 432 g/mol. The minimum Gasteiger partial charge on any atom is -0.389 e. The number of benzene rings is 2. The first-order chi connectivity index (χ1) is 9.79. The number of anilines is 1. The lowest BCUT2D eigenvalue weighted by Gasteiger charge is -2.11. The number of hydrogen-bond donors (Lipinski definition) is 2. The molecule has 0 amide bonds. The van der Waals surface area contributed by atoms with Crippen LogP contribution in [-0.4, -0.2) is 13.4 Å². The van der Waals surface area contributed by atoms with Gasteiger partial charge in [0.25, 0.3) is 10.0 Å². The molecule has 0 unspecified atom stereocenters. The fraction of sp³-hybridized carbons (Fsp3) is 0.0714. The van der Waals surface area contributed by atoms with Crippen LogP contribution in [-0.2, 0) is 10.0 Å². The van der Waals surface area contributed by atoms with Gasteiger partial charge in [-0.15, -0.1) is 0 Å². The SMILES string of the molecule is Cc1cc(C(N)=S)ccc1S(=O)(=O)Nc1cccc(I)c1. The lowest BCUT2D eigenvalue weighted by atomic mass is 10.1. The van der Waals surface area contributed by atoms with Crippen molar-refractivity contribution in [3.05, 3.63) is 57.2 Å². The van der Waals surface area contributed by atoms with E-state index < -0.39 is 10.0 Å². The molecule has 0 radical (unpaired) electrons. The van der Waals surface area contributed by atoms with Gasteiger partial charge in [-0.2, -0.15) is 0 Å². The summed E-state index contributed by atoms with van der Waals surface area (Å²) >= 11 is 7.02. The Morgan fingerprint density at radius 2 is 1.95 bits per heavy atom. The molecule has 0 aliphatic heterocycles. The molecule has 2 rings (SSSR count). The van der Waals surface area contributed by atoms with Crippen molar-refractivity contribution in [3.8, 4) is 0 Å². The van der Waals surface area contributed by atoms with Gasteiger partial charge in [-0.25, -0.2) is 8.42 Å². The van der Waals surface area contributed by atoms with Gasteiger partial charge >= 0.3 is 0 Å². The predicted octanol–water partition coefficient (Wildman–Crippen LogP) is 3.03. The summed E-state index contributed by atoms with van der Waals surface area (Å²) in [6, 6.07) is 11.9. The molecule has 0 aliphatic rings. The van der Waals surface area contributed by atoms with E-state index >= 15 is 0 Å². The number of nitrogens with one attached hydrogen (secondary N) is 1. The third kappa shape index (κ3) is 3.92. The van der Waals surface area contributed by atoms with Crippen LogP contribution in [0.3, 0.4) is 0 Å². The maximum Gasteiger partial charge on any atom is 0.262 e. The standard InChI is InChI=1S/C14H13IN2O2S2/c1-9-7-10(14(16)20)5-6-13(9)21(18,19)17-12-4-2-3-11(15)8-12/h2-8,17H,1H3,(H2,16,20). The summed E-state index contributed by atoms with van der Waals surface area (Å²) in [5.74, 6) is 0. The summed E-state index contributed by atoms with van der Waals surface area (Å²) in [5.41, 5.74) is 7.32. The molecule has 0 saturated carbocycles. The minimum atomic E-state index is -3.64. The molecule has 0 saturated heterocycles. The van der Waals surface area contributed by atoms with E-state index in [1.807, 2.05) is 6.07 Å². The molecule has 3 N–H and O–H groups in total. The van der Waals surface area contributed by atoms with Crippen LogP contribution in [0.4, 0.5) is 5.69 Å². The number of aryl methyl sites for hydroxylation is 1. The molecule has 0 fully saturated rings. The summed E-state index contributed by atoms with van der Waals surface area (Å²) in [6.07, 6.45) is 0. The van der Waals surface area contributed by atoms with Gasteiger partial charge in [0.05, 0.1) is 4.90 Å². The van der Waals surface area contributed by atoms with Crippen LogP contribution in [0.1, 0.15) is 11.1 Å². The zero-order valence-corrected chi connectivity index (χ0v) is 14.9. The quantitative estimate of drug-likeness (QED) is 0.576. The van der Waals surface area contributed by atoms with Gasteiger partial charge in [0.2, 0.25) is 0 Å². The predicted molar refractivity (Wildman–Crippen MR) is 97.0 cm³/mol. The Kier molecular flexibility index (Phi) is 4.84. The Labute approximate surface area is 142 Å². The van der Waals surface area contributed by atoms with Crippen molar-refractivity contribution in [2.24, 2.45) is 5.73 Å². The fourth-order valence-electron chi connectivity index (χ4n) is 1.87. The summed E-state index contributed by atoms with van der Waals surface area (Å²) in [6.45, 7) is 1.71. The lowest BCUT2D eigenvalue weighted by Crippen LogP contribution is -2.16. The minimum absolute atomic E-state index is 0.210. The zero-order valence-electron chi connectivity index (χ0n) is 11.1. The van der Waals surface area contributed by atoms with Gasteiger partial charge in [-0.3, -0.25) is 4.72 Å². The summed E-state index contributed by atoms with van der Waals surface area (Å²) in [7, 11) is -3.64. The Morgan fingerprint density at radius 3 is 2.52 bits per heavy atom. The molecule has 0 aliphatic carbocycles. The molecule has 0 spiro atoms. The number of hydrogen-bond acceptors (Lipinski definition) is 3. The highest BCUT2D eigenvalue weighted by molar-refractivity contribution is 14.1. The molecule has 0 atom stereocenters. The van der Waals surface area contributed by atoms with Gasteiger partial charge in [-0.05, 0) is 65.4 Å². The van der Waals surface area contributed by atoms with Gasteiger partial charge < -0.3 is 5.73 Å². The topological polar surface area (TPSA) is 72.2 Å². The van der Waals surface area contributed by atoms with E-state index in [1.165, 1.54) is 6.07 Å². The first-order valence-corrected chi connectivity index (χ1v) is 8.95. The number of sulfonamides is 1. The highest BCUT2D eigenvalue weighted by Crippen LogP contribution is 2.21. The molecule has 21 heavy (non-hydrogen) atoms. The number of rotatable bonds is 4. The van der Waals surface area contributed by atoms with Crippen LogP contribution >= 0.6 is 34.8 Å². The smallest absolute Gasteiger partial charge is 0.262 e. The second-order valence-corrected chi connectivity index (χ2v) is 7.80. The van der Waals surface area contributed by atoms with Crippen LogP contribution in [0.15, 0.2) is 47.4 Å². The average Bonchev–Trinajstić information content (AvgIpc) is 2.37. The van der Waals surface area contributed by atoms with E-state index in [0.29, 0.717) is 16.8 Å². The molecule has 0 aromatic heterocycles. The number of halogens is 1. The third-order valence-electron chi connectivity index (χ3n) is 2.83. The summed E-state index contributed by atoms with van der Waals surface area (Å²) in [4.78, 5) is 0.453. The van der Waals surface area contributed by atoms with Crippen molar-refractivity contribution >= 4 is 55.5 Å². The lowest BCUT2D eigenvalue weighted by molar-refractivity contribution is 0.600. The molecule has 7 heteroatoms. The largest absolute Gasteiger partial charge is 0.389 e. The maximum absolute atomic E-state index is 12.4. The monoisotopic (exact) mass is 432 g/mol. The first kappa shape index (κ1) is 16.2. The van der Waals surface area contributed by atoms with E-state index in [1.54, 1.807) is 37.3 Å². The van der Waals surface area contributed by atoms with E-state index in [4.69, 9.17) is 18.0 Å². The van der Waals surface area contributed by atoms with Crippen LogP contribution in [0.2, 0.25) is 0 Å². The van der Waals surface area contributed by atoms with E-state index in [9.17, 15) is 8.42 Å². The van der Waals surface area contributed by atoms with Gasteiger partial charge in [0, 0.05) is 14.8 Å². The maximum atomic E-state index is 12.4. The second kappa shape index (κ2) is 6.29. The van der Waals surface area contributed by atoms with Crippen LogP contribution in [0.5, 0.6) is 0 Å². The van der Waals surface area contributed by atoms with Gasteiger partial charge in [0.1, 0.15) is 4.99 Å². The molecular formula is C14H13IN2O2S2. The molecule has 4 nitrogen and oxygen atoms in total. The van der Waals surface area contributed by atoms with Gasteiger partial charge in [-0.1, -0.05) is 24.4 Å². The van der Waals surface area contributed by atoms with Crippen molar-refractivity contribution < 1.29 is 8.42 Å². The van der Waals surface area contributed by atoms with E-state index in [2.05, 4.69) is 27.3 Å². The fourth-order valence-corrected chi connectivity index (χ4v) is 3.81. The Bertz CT molecular complexity index is 804. The Hall–Kier alpha value is -1.19.